The normalized spacial score (nSPS) is 23.6. The number of aromatic nitrogens is 1. The lowest BCUT2D eigenvalue weighted by Gasteiger charge is -2.08. The first-order valence-corrected chi connectivity index (χ1v) is 6.21. The van der Waals surface area contributed by atoms with Crippen molar-refractivity contribution in [1.29, 1.82) is 0 Å². The van der Waals surface area contributed by atoms with E-state index in [-0.39, 0.29) is 0 Å². The van der Waals surface area contributed by atoms with Gasteiger partial charge in [0.1, 0.15) is 5.03 Å². The molecule has 4 heteroatoms. The van der Waals surface area contributed by atoms with E-state index in [0.29, 0.717) is 16.8 Å². The molecule has 2 rings (SSSR count). The molecule has 1 fully saturated rings. The minimum absolute atomic E-state index is 0.415. The van der Waals surface area contributed by atoms with Gasteiger partial charge in [-0.15, -0.1) is 0 Å². The molecule has 3 nitrogen and oxygen atoms in total. The third kappa shape index (κ3) is 2.39. The van der Waals surface area contributed by atoms with Gasteiger partial charge in [-0.05, 0) is 31.5 Å². The lowest BCUT2D eigenvalue weighted by Crippen LogP contribution is -2.27. The van der Waals surface area contributed by atoms with Crippen LogP contribution < -0.4 is 5.32 Å². The van der Waals surface area contributed by atoms with Crippen LogP contribution in [0.5, 0.6) is 0 Å². The summed E-state index contributed by atoms with van der Waals surface area (Å²) in [5, 5.41) is 4.03. The lowest BCUT2D eigenvalue weighted by molar-refractivity contribution is 0.641. The maximum Gasteiger partial charge on any atom is 0.127 e. The van der Waals surface area contributed by atoms with Crippen LogP contribution in [0.3, 0.4) is 0 Å². The van der Waals surface area contributed by atoms with E-state index in [0.717, 1.165) is 13.0 Å². The zero-order chi connectivity index (χ0) is 9.80. The first-order chi connectivity index (χ1) is 6.86. The van der Waals surface area contributed by atoms with Crippen molar-refractivity contribution in [1.82, 2.24) is 10.3 Å². The van der Waals surface area contributed by atoms with E-state index in [4.69, 9.17) is 0 Å². The number of hydrogen-bond acceptors (Lipinski definition) is 3. The van der Waals surface area contributed by atoms with Crippen molar-refractivity contribution in [3.63, 3.8) is 0 Å². The predicted octanol–water partition coefficient (Wildman–Crippen LogP) is 0.941. The highest BCUT2D eigenvalue weighted by Gasteiger charge is 2.17. The molecule has 1 aromatic heterocycles. The molecule has 76 valence electrons. The number of hydrogen-bond donors (Lipinski definition) is 1. The lowest BCUT2D eigenvalue weighted by atomic mass is 10.3. The highest BCUT2D eigenvalue weighted by atomic mass is 32.2. The highest BCUT2D eigenvalue weighted by molar-refractivity contribution is 7.85. The van der Waals surface area contributed by atoms with Crippen LogP contribution >= 0.6 is 0 Å². The Kier molecular flexibility index (Phi) is 3.26. The molecule has 0 spiro atoms. The van der Waals surface area contributed by atoms with Crippen molar-refractivity contribution in [2.24, 2.45) is 0 Å². The van der Waals surface area contributed by atoms with Gasteiger partial charge in [-0.1, -0.05) is 6.07 Å². The fraction of sp³-hybridized carbons (Fsp3) is 0.500. The monoisotopic (exact) mass is 210 g/mol. The van der Waals surface area contributed by atoms with Crippen LogP contribution in [0.4, 0.5) is 0 Å². The fourth-order valence-electron chi connectivity index (χ4n) is 1.65. The summed E-state index contributed by atoms with van der Waals surface area (Å²) < 4.78 is 11.8. The standard InChI is InChI=1S/C10H14N2OS/c13-14(8-9-4-3-7-11-9)10-5-1-2-6-12-10/h1-2,5-6,9,11H,3-4,7-8H2/t9-,14-/m0/s1. The van der Waals surface area contributed by atoms with Crippen molar-refractivity contribution in [2.45, 2.75) is 23.9 Å². The second-order valence-corrected chi connectivity index (χ2v) is 4.92. The molecule has 1 N–H and O–H groups in total. The molecule has 0 aliphatic carbocycles. The molecule has 1 aliphatic heterocycles. The van der Waals surface area contributed by atoms with E-state index in [1.807, 2.05) is 18.2 Å². The summed E-state index contributed by atoms with van der Waals surface area (Å²) >= 11 is 0. The predicted molar refractivity (Wildman–Crippen MR) is 56.5 cm³/mol. The van der Waals surface area contributed by atoms with Gasteiger partial charge >= 0.3 is 0 Å². The Labute approximate surface area is 86.4 Å². The van der Waals surface area contributed by atoms with Crippen molar-refractivity contribution in [3.05, 3.63) is 24.4 Å². The van der Waals surface area contributed by atoms with Gasteiger partial charge in [-0.3, -0.25) is 4.21 Å². The van der Waals surface area contributed by atoms with Crippen LogP contribution in [0, 0.1) is 0 Å². The van der Waals surface area contributed by atoms with Gasteiger partial charge in [0, 0.05) is 18.0 Å². The Bertz CT molecular complexity index is 309. The Morgan fingerprint density at radius 1 is 1.57 bits per heavy atom. The zero-order valence-corrected chi connectivity index (χ0v) is 8.80. The van der Waals surface area contributed by atoms with Crippen molar-refractivity contribution in [2.75, 3.05) is 12.3 Å². The number of nitrogens with one attached hydrogen (secondary N) is 1. The Hall–Kier alpha value is -0.740. The number of nitrogens with zero attached hydrogens (tertiary/aromatic N) is 1. The first kappa shape index (κ1) is 9.80. The summed E-state index contributed by atoms with van der Waals surface area (Å²) in [6.07, 6.45) is 4.03. The van der Waals surface area contributed by atoms with Gasteiger partial charge in [0.05, 0.1) is 10.8 Å². The van der Waals surface area contributed by atoms with Crippen LogP contribution in [0.25, 0.3) is 0 Å². The largest absolute Gasteiger partial charge is 0.313 e. The van der Waals surface area contributed by atoms with Gasteiger partial charge < -0.3 is 5.32 Å². The average molecular weight is 210 g/mol. The summed E-state index contributed by atoms with van der Waals surface area (Å²) in [4.78, 5) is 4.09. The third-order valence-corrected chi connectivity index (χ3v) is 3.80. The highest BCUT2D eigenvalue weighted by Crippen LogP contribution is 2.09. The number of rotatable bonds is 3. The smallest absolute Gasteiger partial charge is 0.127 e. The Balaban J connectivity index is 1.95. The van der Waals surface area contributed by atoms with Gasteiger partial charge in [0.15, 0.2) is 0 Å². The second-order valence-electron chi connectivity index (χ2n) is 3.47. The summed E-state index contributed by atoms with van der Waals surface area (Å²) in [6, 6.07) is 5.96. The van der Waals surface area contributed by atoms with Gasteiger partial charge in [-0.2, -0.15) is 0 Å². The van der Waals surface area contributed by atoms with Gasteiger partial charge in [0.25, 0.3) is 0 Å². The zero-order valence-electron chi connectivity index (χ0n) is 7.98. The SMILES string of the molecule is O=[S@@](C[C@@H]1CCCN1)c1ccccn1. The minimum Gasteiger partial charge on any atom is -0.313 e. The summed E-state index contributed by atoms with van der Waals surface area (Å²) in [5.74, 6) is 0.691. The Morgan fingerprint density at radius 2 is 2.50 bits per heavy atom. The van der Waals surface area contributed by atoms with Gasteiger partial charge in [0.2, 0.25) is 0 Å². The van der Waals surface area contributed by atoms with Crippen LogP contribution in [0.1, 0.15) is 12.8 Å². The van der Waals surface area contributed by atoms with E-state index < -0.39 is 10.8 Å². The quantitative estimate of drug-likeness (QED) is 0.807. The molecular weight excluding hydrogens is 196 g/mol. The molecule has 0 bridgehead atoms. The van der Waals surface area contributed by atoms with E-state index in [2.05, 4.69) is 10.3 Å². The van der Waals surface area contributed by atoms with Crippen LogP contribution in [-0.4, -0.2) is 27.5 Å². The molecule has 1 aromatic rings. The fourth-order valence-corrected chi connectivity index (χ4v) is 2.88. The van der Waals surface area contributed by atoms with Crippen molar-refractivity contribution < 1.29 is 4.21 Å². The first-order valence-electron chi connectivity index (χ1n) is 4.89. The molecule has 0 unspecified atom stereocenters. The second kappa shape index (κ2) is 4.66. The molecule has 0 aromatic carbocycles. The molecule has 0 radical (unpaired) electrons. The topological polar surface area (TPSA) is 42.0 Å². The maximum absolute atomic E-state index is 11.8. The summed E-state index contributed by atoms with van der Waals surface area (Å²) in [6.45, 7) is 1.06. The van der Waals surface area contributed by atoms with Crippen molar-refractivity contribution >= 4 is 10.8 Å². The molecule has 1 saturated heterocycles. The average Bonchev–Trinajstić information content (AvgIpc) is 2.72. The van der Waals surface area contributed by atoms with E-state index in [1.54, 1.807) is 6.20 Å². The van der Waals surface area contributed by atoms with Crippen molar-refractivity contribution in [3.8, 4) is 0 Å². The molecular formula is C10H14N2OS. The number of pyridine rings is 1. The minimum atomic E-state index is -0.947. The molecule has 2 atom stereocenters. The Morgan fingerprint density at radius 3 is 3.14 bits per heavy atom. The molecule has 0 saturated carbocycles. The maximum atomic E-state index is 11.8. The molecule has 0 amide bonds. The van der Waals surface area contributed by atoms with Gasteiger partial charge in [-0.25, -0.2) is 4.98 Å². The third-order valence-electron chi connectivity index (χ3n) is 2.39. The molecule has 2 heterocycles. The summed E-state index contributed by atoms with van der Waals surface area (Å²) in [7, 11) is -0.947. The van der Waals surface area contributed by atoms with Crippen LogP contribution in [0.15, 0.2) is 29.4 Å². The van der Waals surface area contributed by atoms with Crippen LogP contribution in [-0.2, 0) is 10.8 Å². The van der Waals surface area contributed by atoms with Crippen LogP contribution in [0.2, 0.25) is 0 Å². The molecule has 14 heavy (non-hydrogen) atoms. The van der Waals surface area contributed by atoms with E-state index in [1.165, 1.54) is 6.42 Å². The molecule has 1 aliphatic rings. The van der Waals surface area contributed by atoms with E-state index >= 15 is 0 Å². The van der Waals surface area contributed by atoms with E-state index in [9.17, 15) is 4.21 Å². The summed E-state index contributed by atoms with van der Waals surface area (Å²) in [5.41, 5.74) is 0.